The van der Waals surface area contributed by atoms with Crippen molar-refractivity contribution in [1.82, 2.24) is 0 Å². The van der Waals surface area contributed by atoms with Crippen molar-refractivity contribution in [3.05, 3.63) is 30.3 Å². The van der Waals surface area contributed by atoms with Crippen molar-refractivity contribution in [2.45, 2.75) is 25.9 Å². The summed E-state index contributed by atoms with van der Waals surface area (Å²) in [5, 5.41) is 1.06. The van der Waals surface area contributed by atoms with Crippen LogP contribution in [0.4, 0.5) is 0 Å². The van der Waals surface area contributed by atoms with Gasteiger partial charge in [0.1, 0.15) is 0 Å². The van der Waals surface area contributed by atoms with Gasteiger partial charge in [0.05, 0.1) is 0 Å². The number of rotatable bonds is 1. The third-order valence-electron chi connectivity index (χ3n) is 2.22. The van der Waals surface area contributed by atoms with Crippen LogP contribution in [0.25, 0.3) is 10.1 Å². The molecule has 1 aromatic carbocycles. The normalized spacial score (nSPS) is 13.1. The van der Waals surface area contributed by atoms with Crippen molar-refractivity contribution in [3.8, 4) is 0 Å². The molecule has 0 saturated heterocycles. The second kappa shape index (κ2) is 3.70. The van der Waals surface area contributed by atoms with Crippen molar-refractivity contribution >= 4 is 33.8 Å². The third kappa shape index (κ3) is 2.11. The zero-order valence-electron chi connectivity index (χ0n) is 9.15. The highest BCUT2D eigenvalue weighted by Crippen LogP contribution is 2.40. The number of thiophene rings is 1. The van der Waals surface area contributed by atoms with E-state index >= 15 is 0 Å². The Balaban J connectivity index is 2.50. The molecule has 0 aliphatic rings. The van der Waals surface area contributed by atoms with Crippen molar-refractivity contribution < 1.29 is 4.57 Å². The van der Waals surface area contributed by atoms with Gasteiger partial charge in [0.2, 0.25) is 4.62 Å². The molecule has 3 heteroatoms. The van der Waals surface area contributed by atoms with Crippen LogP contribution in [0.15, 0.2) is 30.3 Å². The van der Waals surface area contributed by atoms with Gasteiger partial charge in [0, 0.05) is 10.8 Å². The van der Waals surface area contributed by atoms with E-state index in [0.29, 0.717) is 0 Å². The van der Waals surface area contributed by atoms with E-state index < -0.39 is 7.80 Å². The van der Waals surface area contributed by atoms with Crippen LogP contribution in [0.1, 0.15) is 20.8 Å². The minimum atomic E-state index is -1.30. The summed E-state index contributed by atoms with van der Waals surface area (Å²) in [5.74, 6) is 0. The lowest BCUT2D eigenvalue weighted by Crippen LogP contribution is -2.12. The maximum Gasteiger partial charge on any atom is 0.393 e. The topological polar surface area (TPSA) is 17.1 Å². The first-order chi connectivity index (χ1) is 6.98. The summed E-state index contributed by atoms with van der Waals surface area (Å²) < 4.78 is 14.4. The van der Waals surface area contributed by atoms with Crippen molar-refractivity contribution in [2.24, 2.45) is 0 Å². The molecule has 1 heterocycles. The molecule has 0 N–H and O–H groups in total. The summed E-state index contributed by atoms with van der Waals surface area (Å²) in [5.41, 5.74) is 0. The number of fused-ring (bicyclic) bond motifs is 1. The van der Waals surface area contributed by atoms with Gasteiger partial charge < -0.3 is 0 Å². The van der Waals surface area contributed by atoms with Gasteiger partial charge in [0.25, 0.3) is 0 Å². The first kappa shape index (κ1) is 10.8. The van der Waals surface area contributed by atoms with Crippen LogP contribution in [-0.4, -0.2) is 5.16 Å². The minimum absolute atomic E-state index is 0.143. The second-order valence-electron chi connectivity index (χ2n) is 4.59. The van der Waals surface area contributed by atoms with Gasteiger partial charge in [-0.3, -0.25) is 0 Å². The highest BCUT2D eigenvalue weighted by Gasteiger charge is 2.37. The van der Waals surface area contributed by atoms with E-state index in [-0.39, 0.29) is 5.16 Å². The minimum Gasteiger partial charge on any atom is -0.0879 e. The Morgan fingerprint density at radius 1 is 1.20 bits per heavy atom. The van der Waals surface area contributed by atoms with Crippen LogP contribution in [-0.2, 0) is 4.57 Å². The Labute approximate surface area is 94.9 Å². The second-order valence-corrected chi connectivity index (χ2v) is 8.39. The quantitative estimate of drug-likeness (QED) is 0.681. The monoisotopic (exact) mass is 237 g/mol. The SMILES string of the molecule is CC(C)(C)[P+](=O)c1cc2ccccc2s1. The van der Waals surface area contributed by atoms with E-state index in [1.54, 1.807) is 11.3 Å². The van der Waals surface area contributed by atoms with E-state index in [4.69, 9.17) is 0 Å². The lowest BCUT2D eigenvalue weighted by atomic mass is 10.3. The van der Waals surface area contributed by atoms with Gasteiger partial charge in [-0.05, 0) is 32.2 Å². The van der Waals surface area contributed by atoms with Crippen LogP contribution in [0.3, 0.4) is 0 Å². The Kier molecular flexibility index (Phi) is 2.66. The van der Waals surface area contributed by atoms with Gasteiger partial charge in [-0.2, -0.15) is 0 Å². The van der Waals surface area contributed by atoms with Crippen LogP contribution >= 0.6 is 19.1 Å². The molecule has 0 spiro atoms. The average Bonchev–Trinajstić information content (AvgIpc) is 2.58. The molecule has 1 atom stereocenters. The molecule has 15 heavy (non-hydrogen) atoms. The Hall–Kier alpha value is -0.720. The molecule has 2 rings (SSSR count). The summed E-state index contributed by atoms with van der Waals surface area (Å²) in [6.45, 7) is 6.07. The van der Waals surface area contributed by atoms with Crippen LogP contribution < -0.4 is 4.62 Å². The van der Waals surface area contributed by atoms with E-state index in [1.807, 2.05) is 32.9 Å². The predicted octanol–water partition coefficient (Wildman–Crippen LogP) is 4.15. The van der Waals surface area contributed by atoms with Crippen LogP contribution in [0.5, 0.6) is 0 Å². The molecule has 0 aliphatic heterocycles. The van der Waals surface area contributed by atoms with E-state index in [1.165, 1.54) is 10.1 Å². The van der Waals surface area contributed by atoms with E-state index in [2.05, 4.69) is 18.2 Å². The zero-order chi connectivity index (χ0) is 11.1. The fraction of sp³-hybridized carbons (Fsp3) is 0.333. The Bertz CT molecular complexity index is 475. The molecule has 0 aliphatic carbocycles. The molecular weight excluding hydrogens is 223 g/mol. The van der Waals surface area contributed by atoms with Gasteiger partial charge in [-0.15, -0.1) is 0 Å². The van der Waals surface area contributed by atoms with E-state index in [9.17, 15) is 4.57 Å². The highest BCUT2D eigenvalue weighted by atomic mass is 32.1. The highest BCUT2D eigenvalue weighted by molar-refractivity contribution is 7.63. The number of hydrogen-bond donors (Lipinski definition) is 0. The summed E-state index contributed by atoms with van der Waals surface area (Å²) in [4.78, 5) is 0. The molecule has 1 nitrogen and oxygen atoms in total. The molecule has 0 bridgehead atoms. The molecule has 0 amide bonds. The Morgan fingerprint density at radius 2 is 1.87 bits per heavy atom. The van der Waals surface area contributed by atoms with Gasteiger partial charge in [-0.1, -0.05) is 34.1 Å². The number of benzene rings is 1. The van der Waals surface area contributed by atoms with Gasteiger partial charge in [0.15, 0.2) is 5.16 Å². The smallest absolute Gasteiger partial charge is 0.0879 e. The zero-order valence-corrected chi connectivity index (χ0v) is 10.9. The lowest BCUT2D eigenvalue weighted by molar-refractivity contribution is 0.572. The molecule has 0 radical (unpaired) electrons. The summed E-state index contributed by atoms with van der Waals surface area (Å²) in [6, 6.07) is 10.2. The van der Waals surface area contributed by atoms with Gasteiger partial charge >= 0.3 is 7.80 Å². The maximum atomic E-state index is 12.2. The molecule has 2 aromatic rings. The predicted molar refractivity (Wildman–Crippen MR) is 68.8 cm³/mol. The molecule has 1 unspecified atom stereocenters. The fourth-order valence-corrected chi connectivity index (χ4v) is 4.57. The van der Waals surface area contributed by atoms with Crippen LogP contribution in [0, 0.1) is 0 Å². The first-order valence-electron chi connectivity index (χ1n) is 4.94. The lowest BCUT2D eigenvalue weighted by Gasteiger charge is -2.01. The largest absolute Gasteiger partial charge is 0.393 e. The first-order valence-corrected chi connectivity index (χ1v) is 7.02. The molecule has 78 valence electrons. The Morgan fingerprint density at radius 3 is 2.47 bits per heavy atom. The third-order valence-corrected chi connectivity index (χ3v) is 5.66. The summed E-state index contributed by atoms with van der Waals surface area (Å²) >= 11 is 1.65. The summed E-state index contributed by atoms with van der Waals surface area (Å²) in [7, 11) is -1.30. The average molecular weight is 237 g/mol. The van der Waals surface area contributed by atoms with Crippen molar-refractivity contribution in [1.29, 1.82) is 0 Å². The standard InChI is InChI=1S/C12H14OPS/c1-12(2,3)14(13)11-8-9-6-4-5-7-10(9)15-11/h4-8H,1-3H3/q+1. The molecule has 1 aromatic heterocycles. The molecule has 0 fully saturated rings. The van der Waals surface area contributed by atoms with Crippen LogP contribution in [0.2, 0.25) is 0 Å². The summed E-state index contributed by atoms with van der Waals surface area (Å²) in [6.07, 6.45) is 0. The fourth-order valence-electron chi connectivity index (χ4n) is 1.40. The maximum absolute atomic E-state index is 12.2. The van der Waals surface area contributed by atoms with E-state index in [0.717, 1.165) is 4.62 Å². The van der Waals surface area contributed by atoms with Crippen molar-refractivity contribution in [3.63, 3.8) is 0 Å². The number of hydrogen-bond acceptors (Lipinski definition) is 2. The van der Waals surface area contributed by atoms with Crippen molar-refractivity contribution in [2.75, 3.05) is 0 Å². The van der Waals surface area contributed by atoms with Gasteiger partial charge in [-0.25, -0.2) is 0 Å². The molecular formula is C12H14OPS+. The molecule has 0 saturated carbocycles.